The van der Waals surface area contributed by atoms with Crippen molar-refractivity contribution >= 4 is 17.3 Å². The van der Waals surface area contributed by atoms with Gasteiger partial charge in [-0.3, -0.25) is 4.98 Å². The number of carboxylic acids is 1. The van der Waals surface area contributed by atoms with Gasteiger partial charge in [-0.05, 0) is 31.2 Å². The molecule has 0 aliphatic heterocycles. The minimum Gasteiger partial charge on any atom is -0.477 e. The van der Waals surface area contributed by atoms with Crippen LogP contribution in [0.3, 0.4) is 0 Å². The lowest BCUT2D eigenvalue weighted by atomic mass is 10.2. The molecule has 1 atom stereocenters. The second-order valence-corrected chi connectivity index (χ2v) is 5.10. The minimum absolute atomic E-state index is 0.140. The van der Waals surface area contributed by atoms with Gasteiger partial charge >= 0.3 is 5.97 Å². The highest BCUT2D eigenvalue weighted by Crippen LogP contribution is 2.17. The number of thiophene rings is 1. The van der Waals surface area contributed by atoms with E-state index in [0.717, 1.165) is 10.6 Å². The fourth-order valence-corrected chi connectivity index (χ4v) is 2.38. The van der Waals surface area contributed by atoms with Crippen molar-refractivity contribution in [2.45, 2.75) is 19.5 Å². The zero-order chi connectivity index (χ0) is 13.0. The molecule has 0 fully saturated rings. The van der Waals surface area contributed by atoms with E-state index < -0.39 is 5.97 Å². The van der Waals surface area contributed by atoms with Crippen LogP contribution in [0.25, 0.3) is 0 Å². The predicted molar refractivity (Wildman–Crippen MR) is 70.8 cm³/mol. The van der Waals surface area contributed by atoms with Gasteiger partial charge in [0.2, 0.25) is 0 Å². The van der Waals surface area contributed by atoms with Crippen LogP contribution in [0, 0.1) is 0 Å². The highest BCUT2D eigenvalue weighted by molar-refractivity contribution is 7.13. The Bertz CT molecular complexity index is 525. The summed E-state index contributed by atoms with van der Waals surface area (Å²) in [6.45, 7) is 2.68. The maximum Gasteiger partial charge on any atom is 0.345 e. The molecule has 0 unspecified atom stereocenters. The quantitative estimate of drug-likeness (QED) is 0.869. The third-order valence-corrected chi connectivity index (χ3v) is 3.66. The Balaban J connectivity index is 1.93. The third kappa shape index (κ3) is 3.15. The molecule has 2 heterocycles. The molecule has 0 aromatic carbocycles. The highest BCUT2D eigenvalue weighted by Gasteiger charge is 2.09. The first-order chi connectivity index (χ1) is 8.66. The van der Waals surface area contributed by atoms with Gasteiger partial charge in [-0.2, -0.15) is 0 Å². The Labute approximate surface area is 109 Å². The summed E-state index contributed by atoms with van der Waals surface area (Å²) in [6.07, 6.45) is 1.77. The fraction of sp³-hybridized carbons (Fsp3) is 0.231. The van der Waals surface area contributed by atoms with Gasteiger partial charge in [0, 0.05) is 23.7 Å². The Morgan fingerprint density at radius 2 is 2.28 bits per heavy atom. The zero-order valence-electron chi connectivity index (χ0n) is 9.96. The summed E-state index contributed by atoms with van der Waals surface area (Å²) in [5.74, 6) is -0.871. The number of pyridine rings is 1. The van der Waals surface area contributed by atoms with Crippen molar-refractivity contribution in [1.82, 2.24) is 10.3 Å². The molecule has 0 bridgehead atoms. The van der Waals surface area contributed by atoms with Gasteiger partial charge in [0.1, 0.15) is 4.88 Å². The molecule has 2 rings (SSSR count). The van der Waals surface area contributed by atoms with Crippen LogP contribution in [0.15, 0.2) is 36.5 Å². The van der Waals surface area contributed by atoms with Gasteiger partial charge < -0.3 is 10.4 Å². The second-order valence-electron chi connectivity index (χ2n) is 3.93. The normalized spacial score (nSPS) is 12.3. The molecule has 0 amide bonds. The van der Waals surface area contributed by atoms with Crippen molar-refractivity contribution in [2.24, 2.45) is 0 Å². The van der Waals surface area contributed by atoms with Gasteiger partial charge in [-0.25, -0.2) is 4.79 Å². The molecule has 0 saturated heterocycles. The molecular formula is C13H14N2O2S. The van der Waals surface area contributed by atoms with Crippen molar-refractivity contribution in [2.75, 3.05) is 0 Å². The lowest BCUT2D eigenvalue weighted by Gasteiger charge is -2.11. The number of carbonyl (C=O) groups is 1. The van der Waals surface area contributed by atoms with Crippen LogP contribution in [0.5, 0.6) is 0 Å². The zero-order valence-corrected chi connectivity index (χ0v) is 10.8. The topological polar surface area (TPSA) is 62.2 Å². The van der Waals surface area contributed by atoms with Crippen molar-refractivity contribution in [3.63, 3.8) is 0 Å². The van der Waals surface area contributed by atoms with E-state index in [2.05, 4.69) is 10.3 Å². The second kappa shape index (κ2) is 5.75. The van der Waals surface area contributed by atoms with Gasteiger partial charge in [0.05, 0.1) is 5.69 Å². The van der Waals surface area contributed by atoms with Crippen LogP contribution in [0.2, 0.25) is 0 Å². The standard InChI is InChI=1S/C13H14N2O2S/c1-9(11-4-2-3-7-14-11)15-8-10-5-6-12(18-10)13(16)17/h2-7,9,15H,8H2,1H3,(H,16,17)/t9-/m0/s1. The van der Waals surface area contributed by atoms with Crippen molar-refractivity contribution in [3.8, 4) is 0 Å². The number of nitrogens with one attached hydrogen (secondary N) is 1. The summed E-state index contributed by atoms with van der Waals surface area (Å²) in [7, 11) is 0. The number of hydrogen-bond donors (Lipinski definition) is 2. The van der Waals surface area contributed by atoms with Gasteiger partial charge in [-0.1, -0.05) is 6.07 Å². The van der Waals surface area contributed by atoms with Crippen LogP contribution < -0.4 is 5.32 Å². The fourth-order valence-electron chi connectivity index (χ4n) is 1.58. The maximum absolute atomic E-state index is 10.8. The minimum atomic E-state index is -0.871. The molecule has 0 aliphatic carbocycles. The first-order valence-electron chi connectivity index (χ1n) is 5.63. The summed E-state index contributed by atoms with van der Waals surface area (Å²) in [4.78, 5) is 16.4. The van der Waals surface area contributed by atoms with E-state index in [-0.39, 0.29) is 6.04 Å². The van der Waals surface area contributed by atoms with Gasteiger partial charge in [0.15, 0.2) is 0 Å². The van der Waals surface area contributed by atoms with E-state index in [1.807, 2.05) is 31.2 Å². The smallest absolute Gasteiger partial charge is 0.345 e. The number of aromatic carboxylic acids is 1. The Morgan fingerprint density at radius 3 is 2.89 bits per heavy atom. The van der Waals surface area contributed by atoms with E-state index in [9.17, 15) is 4.79 Å². The van der Waals surface area contributed by atoms with Crippen LogP contribution in [0.1, 0.15) is 33.2 Å². The molecule has 0 saturated carbocycles. The van der Waals surface area contributed by atoms with Crippen LogP contribution in [-0.4, -0.2) is 16.1 Å². The van der Waals surface area contributed by atoms with Crippen molar-refractivity contribution in [3.05, 3.63) is 52.0 Å². The summed E-state index contributed by atoms with van der Waals surface area (Å²) in [5.41, 5.74) is 0.979. The lowest BCUT2D eigenvalue weighted by Crippen LogP contribution is -2.18. The molecule has 5 heteroatoms. The molecule has 0 aliphatic rings. The number of hydrogen-bond acceptors (Lipinski definition) is 4. The first-order valence-corrected chi connectivity index (χ1v) is 6.45. The summed E-state index contributed by atoms with van der Waals surface area (Å²) >= 11 is 1.30. The highest BCUT2D eigenvalue weighted by atomic mass is 32.1. The Morgan fingerprint density at radius 1 is 1.44 bits per heavy atom. The van der Waals surface area contributed by atoms with Crippen molar-refractivity contribution in [1.29, 1.82) is 0 Å². The SMILES string of the molecule is C[C@H](NCc1ccc(C(=O)O)s1)c1ccccn1. The predicted octanol–water partition coefficient (Wildman–Crippen LogP) is 2.69. The van der Waals surface area contributed by atoms with E-state index in [0.29, 0.717) is 11.4 Å². The monoisotopic (exact) mass is 262 g/mol. The molecule has 0 spiro atoms. The molecular weight excluding hydrogens is 248 g/mol. The third-order valence-electron chi connectivity index (χ3n) is 2.59. The maximum atomic E-state index is 10.8. The van der Waals surface area contributed by atoms with E-state index in [1.165, 1.54) is 11.3 Å². The van der Waals surface area contributed by atoms with Gasteiger partial charge in [0.25, 0.3) is 0 Å². The van der Waals surface area contributed by atoms with E-state index in [1.54, 1.807) is 12.3 Å². The molecule has 2 aromatic rings. The van der Waals surface area contributed by atoms with Crippen LogP contribution >= 0.6 is 11.3 Å². The number of rotatable bonds is 5. The average Bonchev–Trinajstić information content (AvgIpc) is 2.86. The summed E-state index contributed by atoms with van der Waals surface area (Å²) in [5, 5.41) is 12.2. The molecule has 94 valence electrons. The Kier molecular flexibility index (Phi) is 4.07. The Hall–Kier alpha value is -1.72. The first kappa shape index (κ1) is 12.7. The molecule has 18 heavy (non-hydrogen) atoms. The molecule has 2 aromatic heterocycles. The molecule has 0 radical (unpaired) electrons. The van der Waals surface area contributed by atoms with Crippen LogP contribution in [-0.2, 0) is 6.54 Å². The summed E-state index contributed by atoms with van der Waals surface area (Å²) < 4.78 is 0. The lowest BCUT2D eigenvalue weighted by molar-refractivity contribution is 0.0702. The number of nitrogens with zero attached hydrogens (tertiary/aromatic N) is 1. The van der Waals surface area contributed by atoms with Crippen molar-refractivity contribution < 1.29 is 9.90 Å². The molecule has 2 N–H and O–H groups in total. The van der Waals surface area contributed by atoms with E-state index in [4.69, 9.17) is 5.11 Å². The van der Waals surface area contributed by atoms with E-state index >= 15 is 0 Å². The molecule has 4 nitrogen and oxygen atoms in total. The summed E-state index contributed by atoms with van der Waals surface area (Å²) in [6, 6.07) is 9.42. The largest absolute Gasteiger partial charge is 0.477 e. The average molecular weight is 262 g/mol. The van der Waals surface area contributed by atoms with Crippen LogP contribution in [0.4, 0.5) is 0 Å². The van der Waals surface area contributed by atoms with Gasteiger partial charge in [-0.15, -0.1) is 11.3 Å². The number of aromatic nitrogens is 1. The number of carboxylic acid groups (broad SMARTS) is 1.